The van der Waals surface area contributed by atoms with Crippen LogP contribution in [0.5, 0.6) is 0 Å². The monoisotopic (exact) mass is 168 g/mol. The number of rotatable bonds is 1. The number of carbonyl (C=O) groups excluding carboxylic acids is 1. The Balaban J connectivity index is 2.39. The number of fused-ring (bicyclic) bond motifs is 1. The van der Waals surface area contributed by atoms with Crippen LogP contribution in [-0.2, 0) is 12.3 Å². The number of hydrogen-bond acceptors (Lipinski definition) is 3. The zero-order chi connectivity index (χ0) is 7.68. The molecule has 0 aliphatic carbocycles. The van der Waals surface area contributed by atoms with Gasteiger partial charge >= 0.3 is 0 Å². The number of hydrogen-bond donors (Lipinski definition) is 0. The average molecular weight is 168 g/mol. The topological polar surface area (TPSA) is 34.9 Å². The highest BCUT2D eigenvalue weighted by Gasteiger charge is 2.10. The molecule has 1 aliphatic heterocycles. The predicted octanol–water partition coefficient (Wildman–Crippen LogP) is 0.942. The quantitative estimate of drug-likeness (QED) is 0.585. The molecule has 0 bridgehead atoms. The fourth-order valence-corrected chi connectivity index (χ4v) is 2.06. The normalized spacial score (nSPS) is 16.0. The molecular formula is C7H8N2OS. The Labute approximate surface area is 68.8 Å². The fraction of sp³-hybridized carbons (Fsp3) is 0.429. The van der Waals surface area contributed by atoms with Gasteiger partial charge in [-0.1, -0.05) is 0 Å². The Bertz CT molecular complexity index is 258. The van der Waals surface area contributed by atoms with Crippen molar-refractivity contribution in [3.8, 4) is 0 Å². The van der Waals surface area contributed by atoms with Crippen molar-refractivity contribution >= 4 is 18.0 Å². The molecule has 2 heterocycles. The Morgan fingerprint density at radius 2 is 2.64 bits per heavy atom. The van der Waals surface area contributed by atoms with E-state index >= 15 is 0 Å². The first-order chi connectivity index (χ1) is 5.40. The molecule has 0 radical (unpaired) electrons. The molecular weight excluding hydrogens is 160 g/mol. The molecule has 0 N–H and O–H groups in total. The maximum absolute atomic E-state index is 10.3. The van der Waals surface area contributed by atoms with E-state index in [0.29, 0.717) is 5.69 Å². The SMILES string of the molecule is O=Cc1cc2n(n1)CCSC2. The summed E-state index contributed by atoms with van der Waals surface area (Å²) in [6, 6.07) is 1.86. The molecule has 0 aromatic carbocycles. The molecule has 0 unspecified atom stereocenters. The molecule has 11 heavy (non-hydrogen) atoms. The Morgan fingerprint density at radius 1 is 1.73 bits per heavy atom. The molecule has 3 nitrogen and oxygen atoms in total. The van der Waals surface area contributed by atoms with Crippen LogP contribution in [0.4, 0.5) is 0 Å². The van der Waals surface area contributed by atoms with Crippen LogP contribution in [0.15, 0.2) is 6.07 Å². The zero-order valence-electron chi connectivity index (χ0n) is 5.99. The number of aromatic nitrogens is 2. The van der Waals surface area contributed by atoms with E-state index in [0.717, 1.165) is 24.3 Å². The maximum Gasteiger partial charge on any atom is 0.170 e. The van der Waals surface area contributed by atoms with E-state index in [1.54, 1.807) is 0 Å². The molecule has 4 heteroatoms. The summed E-state index contributed by atoms with van der Waals surface area (Å²) in [6.45, 7) is 0.938. The standard InChI is InChI=1S/C7H8N2OS/c10-4-6-3-7-5-11-2-1-9(7)8-6/h3-4H,1-2,5H2. The van der Waals surface area contributed by atoms with Crippen LogP contribution >= 0.6 is 11.8 Å². The second kappa shape index (κ2) is 2.70. The largest absolute Gasteiger partial charge is 0.296 e. The van der Waals surface area contributed by atoms with E-state index in [2.05, 4.69) is 5.10 Å². The van der Waals surface area contributed by atoms with Gasteiger partial charge in [0.1, 0.15) is 5.69 Å². The van der Waals surface area contributed by atoms with Gasteiger partial charge in [-0.25, -0.2) is 0 Å². The van der Waals surface area contributed by atoms with E-state index in [1.807, 2.05) is 22.5 Å². The van der Waals surface area contributed by atoms with Gasteiger partial charge in [-0.15, -0.1) is 0 Å². The molecule has 1 aliphatic rings. The molecule has 1 aromatic heterocycles. The Kier molecular flexibility index (Phi) is 1.69. The summed E-state index contributed by atoms with van der Waals surface area (Å²) in [5.74, 6) is 2.09. The molecule has 0 saturated heterocycles. The van der Waals surface area contributed by atoms with Crippen molar-refractivity contribution in [2.45, 2.75) is 12.3 Å². The van der Waals surface area contributed by atoms with Crippen LogP contribution in [0, 0.1) is 0 Å². The summed E-state index contributed by atoms with van der Waals surface area (Å²) >= 11 is 1.88. The first-order valence-electron chi connectivity index (χ1n) is 3.50. The van der Waals surface area contributed by atoms with E-state index in [1.165, 1.54) is 5.69 Å². The minimum Gasteiger partial charge on any atom is -0.296 e. The molecule has 0 atom stereocenters. The lowest BCUT2D eigenvalue weighted by Gasteiger charge is -2.11. The predicted molar refractivity (Wildman–Crippen MR) is 43.8 cm³/mol. The van der Waals surface area contributed by atoms with Crippen LogP contribution in [0.3, 0.4) is 0 Å². The lowest BCUT2D eigenvalue weighted by molar-refractivity contribution is 0.111. The summed E-state index contributed by atoms with van der Waals surface area (Å²) in [6.07, 6.45) is 0.802. The van der Waals surface area contributed by atoms with Gasteiger partial charge in [-0.05, 0) is 6.07 Å². The van der Waals surface area contributed by atoms with Gasteiger partial charge in [0.15, 0.2) is 6.29 Å². The molecule has 58 valence electrons. The molecule has 0 spiro atoms. The summed E-state index contributed by atoms with van der Waals surface area (Å²) < 4.78 is 1.92. The second-order valence-corrected chi connectivity index (χ2v) is 3.56. The minimum atomic E-state index is 0.558. The third-order valence-corrected chi connectivity index (χ3v) is 2.67. The van der Waals surface area contributed by atoms with Crippen molar-refractivity contribution in [3.05, 3.63) is 17.5 Å². The van der Waals surface area contributed by atoms with Crippen LogP contribution < -0.4 is 0 Å². The van der Waals surface area contributed by atoms with Gasteiger partial charge in [-0.2, -0.15) is 16.9 Å². The molecule has 1 aromatic rings. The van der Waals surface area contributed by atoms with Crippen molar-refractivity contribution in [1.82, 2.24) is 9.78 Å². The van der Waals surface area contributed by atoms with E-state index in [-0.39, 0.29) is 0 Å². The van der Waals surface area contributed by atoms with Crippen molar-refractivity contribution in [3.63, 3.8) is 0 Å². The number of aldehydes is 1. The Hall–Kier alpha value is -0.770. The molecule has 0 fully saturated rings. The van der Waals surface area contributed by atoms with E-state index in [9.17, 15) is 4.79 Å². The van der Waals surface area contributed by atoms with Crippen LogP contribution in [-0.4, -0.2) is 21.8 Å². The first kappa shape index (κ1) is 6.91. The second-order valence-electron chi connectivity index (χ2n) is 2.45. The summed E-state index contributed by atoms with van der Waals surface area (Å²) in [4.78, 5) is 10.3. The van der Waals surface area contributed by atoms with Gasteiger partial charge in [0.05, 0.1) is 6.54 Å². The fourth-order valence-electron chi connectivity index (χ4n) is 1.17. The molecule has 2 rings (SSSR count). The minimum absolute atomic E-state index is 0.558. The zero-order valence-corrected chi connectivity index (χ0v) is 6.80. The van der Waals surface area contributed by atoms with Crippen LogP contribution in [0.25, 0.3) is 0 Å². The molecule has 0 saturated carbocycles. The third-order valence-electron chi connectivity index (χ3n) is 1.70. The smallest absolute Gasteiger partial charge is 0.170 e. The third kappa shape index (κ3) is 1.18. The van der Waals surface area contributed by atoms with E-state index < -0.39 is 0 Å². The average Bonchev–Trinajstić information content (AvgIpc) is 2.46. The highest BCUT2D eigenvalue weighted by molar-refractivity contribution is 7.98. The van der Waals surface area contributed by atoms with Gasteiger partial charge in [-0.3, -0.25) is 9.48 Å². The number of thioether (sulfide) groups is 1. The van der Waals surface area contributed by atoms with Crippen molar-refractivity contribution < 1.29 is 4.79 Å². The van der Waals surface area contributed by atoms with Gasteiger partial charge in [0.25, 0.3) is 0 Å². The van der Waals surface area contributed by atoms with Crippen molar-refractivity contribution in [2.24, 2.45) is 0 Å². The summed E-state index contributed by atoms with van der Waals surface area (Å²) in [5.41, 5.74) is 1.73. The lowest BCUT2D eigenvalue weighted by Crippen LogP contribution is -2.11. The maximum atomic E-state index is 10.3. The van der Waals surface area contributed by atoms with Crippen molar-refractivity contribution in [2.75, 3.05) is 5.75 Å². The Morgan fingerprint density at radius 3 is 3.36 bits per heavy atom. The lowest BCUT2D eigenvalue weighted by atomic mass is 10.4. The van der Waals surface area contributed by atoms with Gasteiger partial charge in [0, 0.05) is 17.2 Å². The van der Waals surface area contributed by atoms with Crippen molar-refractivity contribution in [1.29, 1.82) is 0 Å². The molecule has 0 amide bonds. The highest BCUT2D eigenvalue weighted by atomic mass is 32.2. The number of carbonyl (C=O) groups is 1. The highest BCUT2D eigenvalue weighted by Crippen LogP contribution is 2.18. The number of aryl methyl sites for hydroxylation is 1. The summed E-state index contributed by atoms with van der Waals surface area (Å²) in [7, 11) is 0. The number of nitrogens with zero attached hydrogens (tertiary/aromatic N) is 2. The van der Waals surface area contributed by atoms with Crippen LogP contribution in [0.2, 0.25) is 0 Å². The first-order valence-corrected chi connectivity index (χ1v) is 4.65. The van der Waals surface area contributed by atoms with Gasteiger partial charge in [0.2, 0.25) is 0 Å². The summed E-state index contributed by atoms with van der Waals surface area (Å²) in [5, 5.41) is 4.10. The van der Waals surface area contributed by atoms with E-state index in [4.69, 9.17) is 0 Å². The van der Waals surface area contributed by atoms with Gasteiger partial charge < -0.3 is 0 Å². The van der Waals surface area contributed by atoms with Crippen LogP contribution in [0.1, 0.15) is 16.2 Å².